The highest BCUT2D eigenvalue weighted by Gasteiger charge is 2.10. The third-order valence-electron chi connectivity index (χ3n) is 2.73. The van der Waals surface area contributed by atoms with E-state index in [-0.39, 0.29) is 5.82 Å². The average molecular weight is 276 g/mol. The first-order chi connectivity index (χ1) is 9.61. The zero-order chi connectivity index (χ0) is 14.5. The number of ether oxygens (including phenoxy) is 1. The Morgan fingerprint density at radius 3 is 2.85 bits per heavy atom. The molecule has 0 aliphatic carbocycles. The van der Waals surface area contributed by atoms with Gasteiger partial charge < -0.3 is 15.8 Å². The molecule has 0 bridgehead atoms. The van der Waals surface area contributed by atoms with Crippen LogP contribution in [0.1, 0.15) is 18.9 Å². The Kier molecular flexibility index (Phi) is 4.34. The Bertz CT molecular complexity index is 604. The maximum atomic E-state index is 13.1. The number of hydrogen-bond donors (Lipinski definition) is 2. The van der Waals surface area contributed by atoms with Crippen LogP contribution in [0.3, 0.4) is 0 Å². The Morgan fingerprint density at radius 2 is 2.15 bits per heavy atom. The van der Waals surface area contributed by atoms with Gasteiger partial charge >= 0.3 is 0 Å². The fourth-order valence-electron chi connectivity index (χ4n) is 1.69. The number of hydrogen-bond acceptors (Lipinski definition) is 5. The monoisotopic (exact) mass is 276 g/mol. The lowest BCUT2D eigenvalue weighted by molar-refractivity contribution is 0.307. The minimum atomic E-state index is -0.282. The van der Waals surface area contributed by atoms with E-state index in [1.165, 1.54) is 18.5 Å². The van der Waals surface area contributed by atoms with Gasteiger partial charge in [-0.05, 0) is 37.1 Å². The number of nitrogens with one attached hydrogen (secondary N) is 1. The summed E-state index contributed by atoms with van der Waals surface area (Å²) in [7, 11) is 0. The van der Waals surface area contributed by atoms with Crippen LogP contribution in [0.4, 0.5) is 21.6 Å². The summed E-state index contributed by atoms with van der Waals surface area (Å²) < 4.78 is 18.5. The van der Waals surface area contributed by atoms with Crippen molar-refractivity contribution in [2.75, 3.05) is 17.7 Å². The fourth-order valence-corrected chi connectivity index (χ4v) is 1.69. The van der Waals surface area contributed by atoms with E-state index in [0.717, 1.165) is 17.7 Å². The number of benzene rings is 1. The number of halogens is 1. The normalized spacial score (nSPS) is 10.3. The van der Waals surface area contributed by atoms with Crippen molar-refractivity contribution in [3.8, 4) is 5.88 Å². The zero-order valence-corrected chi connectivity index (χ0v) is 11.5. The molecule has 0 aliphatic rings. The minimum absolute atomic E-state index is 0.282. The van der Waals surface area contributed by atoms with Crippen molar-refractivity contribution in [2.45, 2.75) is 20.3 Å². The Hall–Kier alpha value is -2.37. The number of nitrogen functional groups attached to an aromatic ring is 1. The molecule has 2 rings (SSSR count). The predicted octanol–water partition coefficient (Wildman–Crippen LogP) is 3.04. The highest BCUT2D eigenvalue weighted by Crippen LogP contribution is 2.28. The molecule has 3 N–H and O–H groups in total. The number of nitrogens with two attached hydrogens (primary N) is 1. The molecule has 106 valence electrons. The lowest BCUT2D eigenvalue weighted by atomic mass is 10.2. The summed E-state index contributed by atoms with van der Waals surface area (Å²) in [5.41, 5.74) is 7.80. The first kappa shape index (κ1) is 14.0. The second-order valence-electron chi connectivity index (χ2n) is 4.37. The molecule has 1 aromatic carbocycles. The van der Waals surface area contributed by atoms with E-state index in [9.17, 15) is 4.39 Å². The van der Waals surface area contributed by atoms with Crippen LogP contribution in [-0.2, 0) is 0 Å². The van der Waals surface area contributed by atoms with Crippen molar-refractivity contribution >= 4 is 17.2 Å². The Morgan fingerprint density at radius 1 is 1.35 bits per heavy atom. The van der Waals surface area contributed by atoms with E-state index in [4.69, 9.17) is 10.5 Å². The van der Waals surface area contributed by atoms with Gasteiger partial charge in [0, 0.05) is 5.69 Å². The molecule has 0 radical (unpaired) electrons. The van der Waals surface area contributed by atoms with Gasteiger partial charge in [-0.3, -0.25) is 0 Å². The van der Waals surface area contributed by atoms with Crippen LogP contribution < -0.4 is 15.8 Å². The molecule has 6 heteroatoms. The van der Waals surface area contributed by atoms with Crippen molar-refractivity contribution in [2.24, 2.45) is 0 Å². The van der Waals surface area contributed by atoms with Gasteiger partial charge in [0.2, 0.25) is 5.88 Å². The molecular formula is C14H17FN4O. The maximum absolute atomic E-state index is 13.1. The molecule has 0 spiro atoms. The first-order valence-corrected chi connectivity index (χ1v) is 6.38. The van der Waals surface area contributed by atoms with Crippen LogP contribution >= 0.6 is 0 Å². The van der Waals surface area contributed by atoms with Gasteiger partial charge in [-0.1, -0.05) is 6.92 Å². The van der Waals surface area contributed by atoms with Gasteiger partial charge in [-0.15, -0.1) is 0 Å². The molecule has 1 heterocycles. The third-order valence-corrected chi connectivity index (χ3v) is 2.73. The van der Waals surface area contributed by atoms with Gasteiger partial charge in [0.15, 0.2) is 5.82 Å². The van der Waals surface area contributed by atoms with Crippen molar-refractivity contribution in [1.29, 1.82) is 0 Å². The van der Waals surface area contributed by atoms with E-state index in [1.807, 2.05) is 6.92 Å². The molecule has 2 aromatic rings. The molecule has 0 saturated heterocycles. The highest BCUT2D eigenvalue weighted by molar-refractivity contribution is 5.73. The fraction of sp³-hybridized carbons (Fsp3) is 0.286. The van der Waals surface area contributed by atoms with Crippen LogP contribution in [0.5, 0.6) is 5.88 Å². The minimum Gasteiger partial charge on any atom is -0.476 e. The van der Waals surface area contributed by atoms with Crippen LogP contribution in [0.15, 0.2) is 24.5 Å². The van der Waals surface area contributed by atoms with Crippen molar-refractivity contribution < 1.29 is 9.13 Å². The number of nitrogens with zero attached hydrogens (tertiary/aromatic N) is 2. The second-order valence-corrected chi connectivity index (χ2v) is 4.37. The summed E-state index contributed by atoms with van der Waals surface area (Å²) in [5, 5.41) is 3.06. The predicted molar refractivity (Wildman–Crippen MR) is 76.7 cm³/mol. The largest absolute Gasteiger partial charge is 0.476 e. The standard InChI is InChI=1S/C14H17FN4O/c1-3-6-20-14-12(16)13(17-8-18-14)19-11-5-4-10(15)7-9(11)2/h4-5,7-8H,3,6,16H2,1-2H3,(H,17,18,19). The Labute approximate surface area is 117 Å². The van der Waals surface area contributed by atoms with E-state index < -0.39 is 0 Å². The molecule has 0 fully saturated rings. The molecule has 1 aromatic heterocycles. The van der Waals surface area contributed by atoms with Crippen LogP contribution in [0.25, 0.3) is 0 Å². The van der Waals surface area contributed by atoms with Crippen LogP contribution in [-0.4, -0.2) is 16.6 Å². The van der Waals surface area contributed by atoms with Gasteiger partial charge in [0.05, 0.1) is 6.61 Å². The molecule has 0 amide bonds. The molecule has 5 nitrogen and oxygen atoms in total. The van der Waals surface area contributed by atoms with E-state index in [2.05, 4.69) is 15.3 Å². The second kappa shape index (κ2) is 6.18. The van der Waals surface area contributed by atoms with Crippen LogP contribution in [0.2, 0.25) is 0 Å². The number of anilines is 3. The number of rotatable bonds is 5. The summed E-state index contributed by atoms with van der Waals surface area (Å²) in [6.07, 6.45) is 2.24. The maximum Gasteiger partial charge on any atom is 0.242 e. The highest BCUT2D eigenvalue weighted by atomic mass is 19.1. The summed E-state index contributed by atoms with van der Waals surface area (Å²) in [6, 6.07) is 4.45. The molecular weight excluding hydrogens is 259 g/mol. The summed E-state index contributed by atoms with van der Waals surface area (Å²) >= 11 is 0. The first-order valence-electron chi connectivity index (χ1n) is 6.38. The summed E-state index contributed by atoms with van der Waals surface area (Å²) in [4.78, 5) is 8.08. The third kappa shape index (κ3) is 3.14. The lowest BCUT2D eigenvalue weighted by Gasteiger charge is -2.13. The summed E-state index contributed by atoms with van der Waals surface area (Å²) in [5.74, 6) is 0.514. The molecule has 0 unspecified atom stereocenters. The number of aromatic nitrogens is 2. The molecule has 0 atom stereocenters. The average Bonchev–Trinajstić information content (AvgIpc) is 2.42. The number of aryl methyl sites for hydroxylation is 1. The molecule has 0 saturated carbocycles. The van der Waals surface area contributed by atoms with Crippen molar-refractivity contribution in [1.82, 2.24) is 9.97 Å². The van der Waals surface area contributed by atoms with Gasteiger partial charge in [-0.2, -0.15) is 4.98 Å². The van der Waals surface area contributed by atoms with Gasteiger partial charge in [0.25, 0.3) is 0 Å². The van der Waals surface area contributed by atoms with E-state index >= 15 is 0 Å². The molecule has 0 aliphatic heterocycles. The summed E-state index contributed by atoms with van der Waals surface area (Å²) in [6.45, 7) is 4.34. The lowest BCUT2D eigenvalue weighted by Crippen LogP contribution is -2.06. The SMILES string of the molecule is CCCOc1ncnc(Nc2ccc(F)cc2C)c1N. The Balaban J connectivity index is 2.24. The van der Waals surface area contributed by atoms with Gasteiger partial charge in [0.1, 0.15) is 17.8 Å². The molecule has 20 heavy (non-hydrogen) atoms. The quantitative estimate of drug-likeness (QED) is 0.878. The van der Waals surface area contributed by atoms with Gasteiger partial charge in [-0.25, -0.2) is 9.37 Å². The van der Waals surface area contributed by atoms with E-state index in [1.54, 1.807) is 13.0 Å². The van der Waals surface area contributed by atoms with Crippen molar-refractivity contribution in [3.63, 3.8) is 0 Å². The zero-order valence-electron chi connectivity index (χ0n) is 11.5. The van der Waals surface area contributed by atoms with E-state index in [0.29, 0.717) is 24.0 Å². The van der Waals surface area contributed by atoms with Crippen molar-refractivity contribution in [3.05, 3.63) is 35.9 Å². The van der Waals surface area contributed by atoms with Crippen LogP contribution in [0, 0.1) is 12.7 Å². The topological polar surface area (TPSA) is 73.1 Å². The smallest absolute Gasteiger partial charge is 0.242 e.